The molecule has 2 aromatic carbocycles. The van der Waals surface area contributed by atoms with E-state index in [1.54, 1.807) is 0 Å². The highest BCUT2D eigenvalue weighted by atomic mass is 19.1. The van der Waals surface area contributed by atoms with E-state index in [9.17, 15) is 23.2 Å². The molecule has 8 heteroatoms. The van der Waals surface area contributed by atoms with Crippen LogP contribution in [0, 0.1) is 11.6 Å². The first-order valence-corrected chi connectivity index (χ1v) is 8.91. The van der Waals surface area contributed by atoms with Gasteiger partial charge in [0.25, 0.3) is 5.91 Å². The number of benzene rings is 2. The molecule has 2 aromatic rings. The number of halogens is 2. The molecule has 1 N–H and O–H groups in total. The van der Waals surface area contributed by atoms with Crippen LogP contribution in [0.15, 0.2) is 42.5 Å². The van der Waals surface area contributed by atoms with Crippen LogP contribution in [0.2, 0.25) is 0 Å². The largest absolute Gasteiger partial charge is 0.327 e. The van der Waals surface area contributed by atoms with Crippen LogP contribution in [-0.2, 0) is 9.59 Å². The number of nitrogens with one attached hydrogen (secondary N) is 1. The average Bonchev–Trinajstić information content (AvgIpc) is 3.12. The predicted octanol–water partition coefficient (Wildman–Crippen LogP) is 2.55. The maximum Gasteiger partial charge on any atom is 0.256 e. The fourth-order valence-electron chi connectivity index (χ4n) is 3.71. The van der Waals surface area contributed by atoms with Crippen molar-refractivity contribution in [2.75, 3.05) is 23.3 Å². The molecule has 2 heterocycles. The van der Waals surface area contributed by atoms with E-state index in [4.69, 9.17) is 0 Å². The molecule has 2 aliphatic heterocycles. The first kappa shape index (κ1) is 18.1. The zero-order chi connectivity index (χ0) is 19.8. The summed E-state index contributed by atoms with van der Waals surface area (Å²) in [4.78, 5) is 41.0. The van der Waals surface area contributed by atoms with Gasteiger partial charge in [0.15, 0.2) is 0 Å². The van der Waals surface area contributed by atoms with Crippen molar-refractivity contribution < 1.29 is 23.2 Å². The van der Waals surface area contributed by atoms with Crippen LogP contribution < -0.4 is 10.2 Å². The number of anilines is 2. The molecule has 4 rings (SSSR count). The van der Waals surface area contributed by atoms with Crippen LogP contribution in [0.5, 0.6) is 0 Å². The summed E-state index contributed by atoms with van der Waals surface area (Å²) in [5.41, 5.74) is 0.502. The molecular weight excluding hydrogens is 368 g/mol. The summed E-state index contributed by atoms with van der Waals surface area (Å²) < 4.78 is 27.1. The lowest BCUT2D eigenvalue weighted by molar-refractivity contribution is -0.124. The molecule has 1 saturated heterocycles. The topological polar surface area (TPSA) is 69.7 Å². The Morgan fingerprint density at radius 3 is 2.68 bits per heavy atom. The summed E-state index contributed by atoms with van der Waals surface area (Å²) in [5.74, 6) is -2.45. The zero-order valence-electron chi connectivity index (χ0n) is 14.8. The Morgan fingerprint density at radius 2 is 1.89 bits per heavy atom. The van der Waals surface area contributed by atoms with Gasteiger partial charge >= 0.3 is 0 Å². The van der Waals surface area contributed by atoms with E-state index in [0.717, 1.165) is 18.2 Å². The molecule has 0 spiro atoms. The molecule has 144 valence electrons. The van der Waals surface area contributed by atoms with Crippen LogP contribution in [0.1, 0.15) is 23.2 Å². The van der Waals surface area contributed by atoms with Gasteiger partial charge in [-0.1, -0.05) is 6.07 Å². The third kappa shape index (κ3) is 3.21. The highest BCUT2D eigenvalue weighted by Crippen LogP contribution is 2.32. The number of fused-ring (bicyclic) bond motifs is 2. The molecule has 2 aliphatic rings. The Bertz CT molecular complexity index is 979. The molecule has 1 atom stereocenters. The first-order valence-electron chi connectivity index (χ1n) is 8.91. The molecule has 1 fully saturated rings. The molecular formula is C20H17F2N3O3. The molecule has 0 aromatic heterocycles. The number of carbonyl (C=O) groups excluding carboxylic acids is 3. The van der Waals surface area contributed by atoms with Gasteiger partial charge in [-0.05, 0) is 49.2 Å². The van der Waals surface area contributed by atoms with Crippen molar-refractivity contribution in [2.24, 2.45) is 0 Å². The molecule has 0 bridgehead atoms. The van der Waals surface area contributed by atoms with Crippen LogP contribution in [0.3, 0.4) is 0 Å². The van der Waals surface area contributed by atoms with Gasteiger partial charge in [0, 0.05) is 12.2 Å². The quantitative estimate of drug-likeness (QED) is 0.883. The lowest BCUT2D eigenvalue weighted by Gasteiger charge is -2.25. The van der Waals surface area contributed by atoms with Crippen LogP contribution in [0.25, 0.3) is 0 Å². The van der Waals surface area contributed by atoms with Crippen molar-refractivity contribution in [1.82, 2.24) is 4.90 Å². The van der Waals surface area contributed by atoms with E-state index in [0.29, 0.717) is 19.4 Å². The summed E-state index contributed by atoms with van der Waals surface area (Å²) in [6.45, 7) is 0.0418. The Hall–Kier alpha value is -3.29. The number of amides is 3. The number of rotatable bonds is 3. The van der Waals surface area contributed by atoms with Crippen molar-refractivity contribution in [1.29, 1.82) is 0 Å². The Kier molecular flexibility index (Phi) is 4.54. The van der Waals surface area contributed by atoms with Crippen LogP contribution >= 0.6 is 0 Å². The minimum atomic E-state index is -0.676. The minimum absolute atomic E-state index is 0.0521. The Labute approximate surface area is 159 Å². The summed E-state index contributed by atoms with van der Waals surface area (Å²) in [6.07, 6.45) is 1.15. The van der Waals surface area contributed by atoms with Gasteiger partial charge in [0.2, 0.25) is 11.8 Å². The zero-order valence-corrected chi connectivity index (χ0v) is 14.8. The molecule has 1 unspecified atom stereocenters. The van der Waals surface area contributed by atoms with Gasteiger partial charge in [-0.25, -0.2) is 8.78 Å². The first-order chi connectivity index (χ1) is 13.4. The summed E-state index contributed by atoms with van der Waals surface area (Å²) in [6, 6.07) is 8.28. The number of carbonyl (C=O) groups is 3. The van der Waals surface area contributed by atoms with E-state index in [1.807, 2.05) is 0 Å². The van der Waals surface area contributed by atoms with Gasteiger partial charge in [-0.15, -0.1) is 0 Å². The number of hydrogen-bond donors (Lipinski definition) is 1. The second-order valence-corrected chi connectivity index (χ2v) is 6.80. The third-order valence-electron chi connectivity index (χ3n) is 4.95. The van der Waals surface area contributed by atoms with Gasteiger partial charge in [0.05, 0.1) is 11.3 Å². The van der Waals surface area contributed by atoms with Crippen molar-refractivity contribution in [3.05, 3.63) is 59.7 Å². The van der Waals surface area contributed by atoms with E-state index >= 15 is 0 Å². The van der Waals surface area contributed by atoms with Gasteiger partial charge < -0.3 is 15.1 Å². The van der Waals surface area contributed by atoms with Crippen molar-refractivity contribution in [2.45, 2.75) is 18.9 Å². The second kappa shape index (κ2) is 7.03. The fourth-order valence-corrected chi connectivity index (χ4v) is 3.71. The fraction of sp³-hybridized carbons (Fsp3) is 0.250. The maximum atomic E-state index is 13.8. The second-order valence-electron chi connectivity index (χ2n) is 6.80. The van der Waals surface area contributed by atoms with Gasteiger partial charge in [0.1, 0.15) is 24.2 Å². The van der Waals surface area contributed by atoms with E-state index < -0.39 is 29.5 Å². The van der Waals surface area contributed by atoms with E-state index in [1.165, 1.54) is 34.1 Å². The van der Waals surface area contributed by atoms with Crippen LogP contribution in [-0.4, -0.2) is 41.8 Å². The SMILES string of the molecule is O=C(CN1C(=O)C2CCCN2C(=O)c2cc(F)ccc21)Nc1cccc(F)c1. The van der Waals surface area contributed by atoms with Crippen molar-refractivity contribution in [3.8, 4) is 0 Å². The van der Waals surface area contributed by atoms with Gasteiger partial charge in [-0.3, -0.25) is 14.4 Å². The average molecular weight is 385 g/mol. The standard InChI is InChI=1S/C20H17F2N3O3/c21-12-3-1-4-14(9-12)23-18(26)11-25-16-7-6-13(22)10-15(16)19(27)24-8-2-5-17(24)20(25)28/h1,3-4,6-7,9-10,17H,2,5,8,11H2,(H,23,26). The number of hydrogen-bond acceptors (Lipinski definition) is 3. The minimum Gasteiger partial charge on any atom is -0.327 e. The van der Waals surface area contributed by atoms with Gasteiger partial charge in [-0.2, -0.15) is 0 Å². The van der Waals surface area contributed by atoms with Crippen LogP contribution in [0.4, 0.5) is 20.2 Å². The molecule has 0 radical (unpaired) electrons. The molecule has 0 saturated carbocycles. The summed E-state index contributed by atoms with van der Waals surface area (Å²) >= 11 is 0. The third-order valence-corrected chi connectivity index (χ3v) is 4.95. The lowest BCUT2D eigenvalue weighted by Crippen LogP contribution is -2.47. The highest BCUT2D eigenvalue weighted by Gasteiger charge is 2.42. The Balaban J connectivity index is 1.66. The molecule has 28 heavy (non-hydrogen) atoms. The molecule has 0 aliphatic carbocycles. The number of nitrogens with zero attached hydrogens (tertiary/aromatic N) is 2. The normalized spacial score (nSPS) is 18.6. The highest BCUT2D eigenvalue weighted by molar-refractivity contribution is 6.13. The summed E-state index contributed by atoms with van der Waals surface area (Å²) in [7, 11) is 0. The van der Waals surface area contributed by atoms with E-state index in [2.05, 4.69) is 5.32 Å². The smallest absolute Gasteiger partial charge is 0.256 e. The predicted molar refractivity (Wildman–Crippen MR) is 97.8 cm³/mol. The molecule has 3 amide bonds. The van der Waals surface area contributed by atoms with Crippen molar-refractivity contribution in [3.63, 3.8) is 0 Å². The Morgan fingerprint density at radius 1 is 1.11 bits per heavy atom. The van der Waals surface area contributed by atoms with E-state index in [-0.39, 0.29) is 29.4 Å². The monoisotopic (exact) mass is 385 g/mol. The lowest BCUT2D eigenvalue weighted by atomic mass is 10.1. The summed E-state index contributed by atoms with van der Waals surface area (Å²) in [5, 5.41) is 2.54. The maximum absolute atomic E-state index is 13.8. The molecule has 6 nitrogen and oxygen atoms in total. The van der Waals surface area contributed by atoms with Crippen molar-refractivity contribution >= 4 is 29.1 Å².